The summed E-state index contributed by atoms with van der Waals surface area (Å²) >= 11 is 1.48. The Morgan fingerprint density at radius 1 is 1.20 bits per heavy atom. The van der Waals surface area contributed by atoms with Gasteiger partial charge in [0.1, 0.15) is 12.4 Å². The Bertz CT molecular complexity index is 905. The monoisotopic (exact) mass is 356 g/mol. The Hall–Kier alpha value is -2.44. The van der Waals surface area contributed by atoms with Crippen molar-refractivity contribution in [2.75, 3.05) is 25.6 Å². The highest BCUT2D eigenvalue weighted by atomic mass is 32.1. The number of carbonyl (C=O) groups excluding carboxylic acids is 1. The Balaban J connectivity index is 1.76. The number of aryl methyl sites for hydroxylation is 2. The van der Waals surface area contributed by atoms with Crippen molar-refractivity contribution in [3.05, 3.63) is 53.1 Å². The topological polar surface area (TPSA) is 60.5 Å². The number of amides is 1. The lowest BCUT2D eigenvalue weighted by atomic mass is 10.1. The van der Waals surface area contributed by atoms with Gasteiger partial charge in [-0.2, -0.15) is 0 Å². The van der Waals surface area contributed by atoms with Crippen molar-refractivity contribution in [3.8, 4) is 5.75 Å². The van der Waals surface area contributed by atoms with Gasteiger partial charge in [-0.15, -0.1) is 0 Å². The van der Waals surface area contributed by atoms with Gasteiger partial charge in [0.25, 0.3) is 5.91 Å². The van der Waals surface area contributed by atoms with E-state index in [0.29, 0.717) is 29.7 Å². The van der Waals surface area contributed by atoms with Crippen LogP contribution in [0.25, 0.3) is 10.2 Å². The molecular formula is C19H20N2O3S. The van der Waals surface area contributed by atoms with Crippen molar-refractivity contribution in [1.29, 1.82) is 0 Å². The molecule has 0 aliphatic heterocycles. The number of methoxy groups -OCH3 is 1. The van der Waals surface area contributed by atoms with Gasteiger partial charge in [0.05, 0.1) is 16.8 Å². The van der Waals surface area contributed by atoms with Gasteiger partial charge in [-0.25, -0.2) is 4.98 Å². The summed E-state index contributed by atoms with van der Waals surface area (Å²) < 4.78 is 11.6. The van der Waals surface area contributed by atoms with Crippen molar-refractivity contribution in [3.63, 3.8) is 0 Å². The number of benzene rings is 2. The highest BCUT2D eigenvalue weighted by Crippen LogP contribution is 2.29. The molecule has 130 valence electrons. The summed E-state index contributed by atoms with van der Waals surface area (Å²) in [6.07, 6.45) is 0. The number of carbonyl (C=O) groups is 1. The summed E-state index contributed by atoms with van der Waals surface area (Å²) in [5.74, 6) is 0.436. The fraction of sp³-hybridized carbons (Fsp3) is 0.263. The van der Waals surface area contributed by atoms with Crippen LogP contribution in [0.2, 0.25) is 0 Å². The molecule has 0 saturated heterocycles. The van der Waals surface area contributed by atoms with E-state index in [9.17, 15) is 4.79 Å². The third-order valence-electron chi connectivity index (χ3n) is 3.70. The lowest BCUT2D eigenvalue weighted by Crippen LogP contribution is -2.12. The summed E-state index contributed by atoms with van der Waals surface area (Å²) in [6.45, 7) is 5.03. The number of nitrogens with one attached hydrogen (secondary N) is 1. The second-order valence-corrected chi connectivity index (χ2v) is 6.80. The zero-order valence-electron chi connectivity index (χ0n) is 14.5. The predicted molar refractivity (Wildman–Crippen MR) is 101 cm³/mol. The van der Waals surface area contributed by atoms with Crippen LogP contribution in [0.5, 0.6) is 5.75 Å². The fourth-order valence-corrected chi connectivity index (χ4v) is 3.60. The van der Waals surface area contributed by atoms with Crippen LogP contribution >= 0.6 is 11.3 Å². The van der Waals surface area contributed by atoms with E-state index in [0.717, 1.165) is 15.8 Å². The second-order valence-electron chi connectivity index (χ2n) is 5.77. The van der Waals surface area contributed by atoms with Crippen molar-refractivity contribution < 1.29 is 14.3 Å². The number of hydrogen-bond donors (Lipinski definition) is 1. The van der Waals surface area contributed by atoms with Crippen molar-refractivity contribution in [2.45, 2.75) is 13.8 Å². The molecule has 0 aliphatic rings. The van der Waals surface area contributed by atoms with Crippen LogP contribution in [0, 0.1) is 13.8 Å². The minimum absolute atomic E-state index is 0.203. The number of anilines is 1. The van der Waals surface area contributed by atoms with Crippen molar-refractivity contribution in [1.82, 2.24) is 4.98 Å². The maximum absolute atomic E-state index is 12.5. The molecule has 0 saturated carbocycles. The summed E-state index contributed by atoms with van der Waals surface area (Å²) in [5.41, 5.74) is 3.76. The molecule has 25 heavy (non-hydrogen) atoms. The maximum atomic E-state index is 12.5. The van der Waals surface area contributed by atoms with Crippen LogP contribution in [-0.2, 0) is 4.74 Å². The van der Waals surface area contributed by atoms with Crippen molar-refractivity contribution in [2.24, 2.45) is 0 Å². The number of aromatic nitrogens is 1. The number of fused-ring (bicyclic) bond motifs is 1. The van der Waals surface area contributed by atoms with E-state index in [4.69, 9.17) is 9.47 Å². The lowest BCUT2D eigenvalue weighted by molar-refractivity contribution is 0.102. The number of nitrogens with zero attached hydrogens (tertiary/aromatic N) is 1. The van der Waals surface area contributed by atoms with Crippen molar-refractivity contribution >= 4 is 32.6 Å². The second kappa shape index (κ2) is 7.63. The number of rotatable bonds is 6. The summed E-state index contributed by atoms with van der Waals surface area (Å²) in [7, 11) is 1.62. The molecule has 6 heteroatoms. The molecule has 0 fully saturated rings. The average molecular weight is 356 g/mol. The molecule has 1 amide bonds. The Labute approximate surface area is 150 Å². The molecule has 3 rings (SSSR count). The van der Waals surface area contributed by atoms with Crippen LogP contribution in [0.3, 0.4) is 0 Å². The Morgan fingerprint density at radius 2 is 2.04 bits per heavy atom. The summed E-state index contributed by atoms with van der Waals surface area (Å²) in [4.78, 5) is 17.0. The number of thiazole rings is 1. The maximum Gasteiger partial charge on any atom is 0.257 e. The van der Waals surface area contributed by atoms with Gasteiger partial charge in [-0.05, 0) is 49.2 Å². The first kappa shape index (κ1) is 17.4. The van der Waals surface area contributed by atoms with E-state index >= 15 is 0 Å². The largest absolute Gasteiger partial charge is 0.491 e. The molecule has 1 aromatic heterocycles. The van der Waals surface area contributed by atoms with Crippen LogP contribution < -0.4 is 10.1 Å². The smallest absolute Gasteiger partial charge is 0.257 e. The van der Waals surface area contributed by atoms with E-state index in [1.807, 2.05) is 13.0 Å². The zero-order chi connectivity index (χ0) is 17.8. The van der Waals surface area contributed by atoms with E-state index in [1.165, 1.54) is 16.9 Å². The summed E-state index contributed by atoms with van der Waals surface area (Å²) in [6, 6.07) is 11.3. The molecule has 0 spiro atoms. The average Bonchev–Trinajstić information content (AvgIpc) is 2.98. The fourth-order valence-electron chi connectivity index (χ4n) is 2.56. The molecule has 0 atom stereocenters. The predicted octanol–water partition coefficient (Wildman–Crippen LogP) is 4.19. The zero-order valence-corrected chi connectivity index (χ0v) is 15.3. The minimum Gasteiger partial charge on any atom is -0.491 e. The molecule has 5 nitrogen and oxygen atoms in total. The van der Waals surface area contributed by atoms with E-state index < -0.39 is 0 Å². The normalized spacial score (nSPS) is 10.8. The van der Waals surface area contributed by atoms with Gasteiger partial charge >= 0.3 is 0 Å². The molecule has 2 aromatic carbocycles. The number of hydrogen-bond acceptors (Lipinski definition) is 5. The lowest BCUT2D eigenvalue weighted by Gasteiger charge is -2.07. The molecule has 1 heterocycles. The van der Waals surface area contributed by atoms with Crippen LogP contribution in [0.15, 0.2) is 36.4 Å². The highest BCUT2D eigenvalue weighted by molar-refractivity contribution is 7.22. The molecule has 0 radical (unpaired) electrons. The molecular weight excluding hydrogens is 336 g/mol. The van der Waals surface area contributed by atoms with Crippen LogP contribution in [0.1, 0.15) is 21.5 Å². The standard InChI is InChI=1S/C19H20N2O3S/c1-12-9-13(2)17-16(10-12)25-19(20-17)21-18(22)14-5-4-6-15(11-14)24-8-7-23-3/h4-6,9-11H,7-8H2,1-3H3,(H,20,21,22). The third kappa shape index (κ3) is 4.15. The molecule has 3 aromatic rings. The number of ether oxygens (including phenoxy) is 2. The quantitative estimate of drug-likeness (QED) is 0.673. The SMILES string of the molecule is COCCOc1cccc(C(=O)Nc2nc3c(C)cc(C)cc3s2)c1. The first-order valence-corrected chi connectivity index (χ1v) is 8.79. The first-order valence-electron chi connectivity index (χ1n) is 7.98. The van der Waals surface area contributed by atoms with Gasteiger partial charge in [-0.1, -0.05) is 23.5 Å². The van der Waals surface area contributed by atoms with E-state index in [1.54, 1.807) is 25.3 Å². The van der Waals surface area contributed by atoms with Gasteiger partial charge < -0.3 is 9.47 Å². The summed E-state index contributed by atoms with van der Waals surface area (Å²) in [5, 5.41) is 3.47. The van der Waals surface area contributed by atoms with E-state index in [2.05, 4.69) is 29.4 Å². The minimum atomic E-state index is -0.203. The first-order chi connectivity index (χ1) is 12.1. The van der Waals surface area contributed by atoms with Gasteiger partial charge in [0, 0.05) is 12.7 Å². The molecule has 0 aliphatic carbocycles. The Morgan fingerprint density at radius 3 is 2.84 bits per heavy atom. The third-order valence-corrected chi connectivity index (χ3v) is 4.62. The van der Waals surface area contributed by atoms with E-state index in [-0.39, 0.29) is 5.91 Å². The van der Waals surface area contributed by atoms with Gasteiger partial charge in [0.2, 0.25) is 0 Å². The Kier molecular flexibility index (Phi) is 5.31. The highest BCUT2D eigenvalue weighted by Gasteiger charge is 2.12. The molecule has 0 bridgehead atoms. The molecule has 0 unspecified atom stereocenters. The molecule has 1 N–H and O–H groups in total. The van der Waals surface area contributed by atoms with Gasteiger partial charge in [0.15, 0.2) is 5.13 Å². The van der Waals surface area contributed by atoms with Gasteiger partial charge in [-0.3, -0.25) is 10.1 Å². The van der Waals surface area contributed by atoms with Crippen LogP contribution in [-0.4, -0.2) is 31.2 Å². The van der Waals surface area contributed by atoms with Crippen LogP contribution in [0.4, 0.5) is 5.13 Å².